The second kappa shape index (κ2) is 7.75. The summed E-state index contributed by atoms with van der Waals surface area (Å²) in [7, 11) is -1.69. The van der Waals surface area contributed by atoms with Gasteiger partial charge in [0, 0.05) is 17.6 Å². The smallest absolute Gasteiger partial charge is 0.211 e. The number of hydrogen-bond donors (Lipinski definition) is 1. The third-order valence-corrected chi connectivity index (χ3v) is 5.64. The van der Waals surface area contributed by atoms with Crippen molar-refractivity contribution in [3.05, 3.63) is 34.9 Å². The molecule has 124 valence electrons. The average molecular weight is 347 g/mol. The number of halogens is 1. The van der Waals surface area contributed by atoms with Gasteiger partial charge in [0.1, 0.15) is 0 Å². The van der Waals surface area contributed by atoms with E-state index in [9.17, 15) is 8.42 Å². The van der Waals surface area contributed by atoms with Gasteiger partial charge < -0.3 is 4.74 Å². The molecule has 1 aromatic rings. The summed E-state index contributed by atoms with van der Waals surface area (Å²) in [6.07, 6.45) is 0.589. The minimum absolute atomic E-state index is 0.0178. The lowest BCUT2D eigenvalue weighted by Gasteiger charge is -2.38. The molecule has 0 amide bonds. The van der Waals surface area contributed by atoms with Gasteiger partial charge in [-0.05, 0) is 44.6 Å². The zero-order valence-electron chi connectivity index (χ0n) is 13.0. The second-order valence-electron chi connectivity index (χ2n) is 5.60. The molecule has 5 nitrogen and oxygen atoms in total. The van der Waals surface area contributed by atoms with Gasteiger partial charge in [0.25, 0.3) is 0 Å². The molecule has 0 unspecified atom stereocenters. The van der Waals surface area contributed by atoms with Gasteiger partial charge in [-0.1, -0.05) is 23.7 Å². The van der Waals surface area contributed by atoms with E-state index in [2.05, 4.69) is 16.5 Å². The number of rotatable bonds is 6. The van der Waals surface area contributed by atoms with Gasteiger partial charge in [0.15, 0.2) is 0 Å². The van der Waals surface area contributed by atoms with Crippen LogP contribution >= 0.6 is 11.6 Å². The number of nitrogens with one attached hydrogen (secondary N) is 1. The lowest BCUT2D eigenvalue weighted by Crippen LogP contribution is -2.45. The molecule has 1 aliphatic rings. The predicted octanol–water partition coefficient (Wildman–Crippen LogP) is 2.04. The van der Waals surface area contributed by atoms with Gasteiger partial charge in [0.05, 0.1) is 18.5 Å². The van der Waals surface area contributed by atoms with Crippen LogP contribution in [0.4, 0.5) is 0 Å². The van der Waals surface area contributed by atoms with Crippen molar-refractivity contribution in [2.45, 2.75) is 25.5 Å². The van der Waals surface area contributed by atoms with E-state index in [-0.39, 0.29) is 17.9 Å². The Morgan fingerprint density at radius 3 is 2.91 bits per heavy atom. The van der Waals surface area contributed by atoms with Gasteiger partial charge in [-0.15, -0.1) is 0 Å². The molecule has 1 aromatic carbocycles. The molecule has 1 aliphatic heterocycles. The van der Waals surface area contributed by atoms with Crippen molar-refractivity contribution in [1.29, 1.82) is 0 Å². The molecular weight excluding hydrogens is 324 g/mol. The average Bonchev–Trinajstić information content (AvgIpc) is 2.49. The quantitative estimate of drug-likeness (QED) is 0.856. The Morgan fingerprint density at radius 1 is 1.45 bits per heavy atom. The first-order valence-corrected chi connectivity index (χ1v) is 9.46. The van der Waals surface area contributed by atoms with Crippen molar-refractivity contribution in [2.75, 3.05) is 32.5 Å². The first-order chi connectivity index (χ1) is 10.4. The maximum absolute atomic E-state index is 11.5. The Kier molecular flexibility index (Phi) is 6.23. The summed E-state index contributed by atoms with van der Waals surface area (Å²) in [6, 6.07) is 7.98. The molecule has 1 fully saturated rings. The third-order valence-electron chi connectivity index (χ3n) is 3.95. The van der Waals surface area contributed by atoms with Crippen LogP contribution in [0.5, 0.6) is 0 Å². The molecule has 0 spiro atoms. The molecule has 0 aliphatic carbocycles. The first-order valence-electron chi connectivity index (χ1n) is 7.43. The van der Waals surface area contributed by atoms with E-state index in [4.69, 9.17) is 16.3 Å². The highest BCUT2D eigenvalue weighted by molar-refractivity contribution is 7.89. The zero-order valence-corrected chi connectivity index (χ0v) is 14.5. The highest BCUT2D eigenvalue weighted by Crippen LogP contribution is 2.26. The summed E-state index contributed by atoms with van der Waals surface area (Å²) >= 11 is 6.04. The van der Waals surface area contributed by atoms with Gasteiger partial charge in [-0.2, -0.15) is 0 Å². The van der Waals surface area contributed by atoms with Crippen LogP contribution in [0.15, 0.2) is 24.3 Å². The first kappa shape index (κ1) is 17.7. The Bertz CT molecular complexity index is 594. The molecule has 0 bridgehead atoms. The maximum atomic E-state index is 11.5. The SMILES string of the molecule is CNS(=O)(=O)CCCN1C[C@H](c2cccc(Cl)c2)OC[C@@H]1C. The van der Waals surface area contributed by atoms with E-state index in [0.29, 0.717) is 18.1 Å². The summed E-state index contributed by atoms with van der Waals surface area (Å²) in [5, 5.41) is 0.700. The second-order valence-corrected chi connectivity index (χ2v) is 8.08. The molecular formula is C15H23ClN2O3S. The number of sulfonamides is 1. The largest absolute Gasteiger partial charge is 0.371 e. The maximum Gasteiger partial charge on any atom is 0.211 e. The van der Waals surface area contributed by atoms with E-state index in [1.807, 2.05) is 24.3 Å². The van der Waals surface area contributed by atoms with E-state index in [1.165, 1.54) is 7.05 Å². The summed E-state index contributed by atoms with van der Waals surface area (Å²) in [5.74, 6) is 0.148. The molecule has 0 aromatic heterocycles. The normalized spacial score (nSPS) is 23.6. The van der Waals surface area contributed by atoms with Crippen LogP contribution in [-0.2, 0) is 14.8 Å². The highest BCUT2D eigenvalue weighted by Gasteiger charge is 2.27. The summed E-state index contributed by atoms with van der Waals surface area (Å²) < 4.78 is 31.2. The molecule has 2 rings (SSSR count). The van der Waals surface area contributed by atoms with Crippen LogP contribution < -0.4 is 4.72 Å². The summed E-state index contributed by atoms with van der Waals surface area (Å²) in [4.78, 5) is 2.28. The van der Waals surface area contributed by atoms with Crippen LogP contribution in [0.25, 0.3) is 0 Å². The molecule has 1 heterocycles. The third kappa shape index (κ3) is 4.93. The van der Waals surface area contributed by atoms with Crippen LogP contribution in [0.2, 0.25) is 5.02 Å². The molecule has 7 heteroatoms. The standard InChI is InChI=1S/C15H23ClN2O3S/c1-12-11-21-15(13-5-3-6-14(16)9-13)10-18(12)7-4-8-22(19,20)17-2/h3,5-6,9,12,15,17H,4,7-8,10-11H2,1-2H3/t12-,15+/m0/s1. The fourth-order valence-electron chi connectivity index (χ4n) is 2.59. The van der Waals surface area contributed by atoms with Crippen LogP contribution in [0.1, 0.15) is 25.0 Å². The zero-order chi connectivity index (χ0) is 16.2. The number of benzene rings is 1. The van der Waals surface area contributed by atoms with Crippen LogP contribution in [-0.4, -0.2) is 51.9 Å². The molecule has 0 saturated carbocycles. The minimum Gasteiger partial charge on any atom is -0.371 e. The molecule has 1 N–H and O–H groups in total. The van der Waals surface area contributed by atoms with Gasteiger partial charge in [0.2, 0.25) is 10.0 Å². The number of ether oxygens (including phenoxy) is 1. The molecule has 0 radical (unpaired) electrons. The van der Waals surface area contributed by atoms with Crippen molar-refractivity contribution in [3.63, 3.8) is 0 Å². The van der Waals surface area contributed by atoms with Crippen molar-refractivity contribution in [3.8, 4) is 0 Å². The lowest BCUT2D eigenvalue weighted by molar-refractivity contribution is -0.0597. The topological polar surface area (TPSA) is 58.6 Å². The fraction of sp³-hybridized carbons (Fsp3) is 0.600. The van der Waals surface area contributed by atoms with E-state index >= 15 is 0 Å². The Morgan fingerprint density at radius 2 is 2.23 bits per heavy atom. The fourth-order valence-corrected chi connectivity index (χ4v) is 3.50. The van der Waals surface area contributed by atoms with Crippen molar-refractivity contribution in [2.24, 2.45) is 0 Å². The predicted molar refractivity (Wildman–Crippen MR) is 88.6 cm³/mol. The minimum atomic E-state index is -3.13. The Balaban J connectivity index is 1.94. The van der Waals surface area contributed by atoms with E-state index in [0.717, 1.165) is 18.7 Å². The molecule has 22 heavy (non-hydrogen) atoms. The van der Waals surface area contributed by atoms with Gasteiger partial charge in [-0.25, -0.2) is 13.1 Å². The number of hydrogen-bond acceptors (Lipinski definition) is 4. The van der Waals surface area contributed by atoms with Crippen LogP contribution in [0, 0.1) is 0 Å². The van der Waals surface area contributed by atoms with Gasteiger partial charge >= 0.3 is 0 Å². The summed E-state index contributed by atoms with van der Waals surface area (Å²) in [5.41, 5.74) is 1.06. The monoisotopic (exact) mass is 346 g/mol. The Labute approximate surface area is 137 Å². The van der Waals surface area contributed by atoms with Crippen LogP contribution in [0.3, 0.4) is 0 Å². The molecule has 2 atom stereocenters. The number of morpholine rings is 1. The number of nitrogens with zero attached hydrogens (tertiary/aromatic N) is 1. The van der Waals surface area contributed by atoms with Gasteiger partial charge in [-0.3, -0.25) is 4.90 Å². The van der Waals surface area contributed by atoms with E-state index < -0.39 is 10.0 Å². The van der Waals surface area contributed by atoms with Crippen molar-refractivity contribution in [1.82, 2.24) is 9.62 Å². The van der Waals surface area contributed by atoms with Crippen molar-refractivity contribution < 1.29 is 13.2 Å². The highest BCUT2D eigenvalue weighted by atomic mass is 35.5. The Hall–Kier alpha value is -0.660. The van der Waals surface area contributed by atoms with Crippen molar-refractivity contribution >= 4 is 21.6 Å². The van der Waals surface area contributed by atoms with E-state index in [1.54, 1.807) is 0 Å². The summed E-state index contributed by atoms with van der Waals surface area (Å²) in [6.45, 7) is 4.22. The molecule has 1 saturated heterocycles. The lowest BCUT2D eigenvalue weighted by atomic mass is 10.1.